The summed E-state index contributed by atoms with van der Waals surface area (Å²) >= 11 is 0. The molecule has 124 valence electrons. The predicted octanol–water partition coefficient (Wildman–Crippen LogP) is 4.78. The molecule has 1 aromatic carbocycles. The fraction of sp³-hybridized carbons (Fsp3) is 0.632. The van der Waals surface area contributed by atoms with Crippen LogP contribution in [0.1, 0.15) is 71.1 Å². The summed E-state index contributed by atoms with van der Waals surface area (Å²) in [5, 5.41) is 19.4. The molecular weight excluding hydrogens is 276 g/mol. The summed E-state index contributed by atoms with van der Waals surface area (Å²) < 4.78 is 0. The van der Waals surface area contributed by atoms with Crippen LogP contribution >= 0.6 is 0 Å². The largest absolute Gasteiger partial charge is 0.507 e. The highest BCUT2D eigenvalue weighted by atomic mass is 16.4. The van der Waals surface area contributed by atoms with E-state index in [0.717, 1.165) is 23.1 Å². The Balaban J connectivity index is 3.14. The number of carbonyl (C=O) groups is 1. The molecule has 22 heavy (non-hydrogen) atoms. The van der Waals surface area contributed by atoms with E-state index in [-0.39, 0.29) is 16.7 Å². The van der Waals surface area contributed by atoms with E-state index < -0.39 is 5.97 Å². The molecule has 0 aliphatic carbocycles. The van der Waals surface area contributed by atoms with E-state index in [2.05, 4.69) is 40.7 Å². The molecule has 0 radical (unpaired) electrons. The standard InChI is InChI=1S/C19H30O3/c1-12(17(21)22)8-9-19(6,7)14-10-13(2)16(20)15(11-14)18(3,4)5/h10-12,20H,8-9H2,1-7H3,(H,21,22). The molecule has 0 saturated carbocycles. The lowest BCUT2D eigenvalue weighted by Gasteiger charge is -2.30. The monoisotopic (exact) mass is 306 g/mol. The van der Waals surface area contributed by atoms with Crippen molar-refractivity contribution in [3.8, 4) is 5.75 Å². The Morgan fingerprint density at radius 3 is 2.18 bits per heavy atom. The van der Waals surface area contributed by atoms with Crippen molar-refractivity contribution < 1.29 is 15.0 Å². The number of aliphatic carboxylic acids is 1. The molecular formula is C19H30O3. The second-order valence-electron chi connectivity index (χ2n) is 8.10. The van der Waals surface area contributed by atoms with Gasteiger partial charge in [-0.1, -0.05) is 53.7 Å². The van der Waals surface area contributed by atoms with Crippen LogP contribution in [0.5, 0.6) is 5.75 Å². The highest BCUT2D eigenvalue weighted by Crippen LogP contribution is 2.39. The third-order valence-electron chi connectivity index (χ3n) is 4.51. The number of aryl methyl sites for hydroxylation is 1. The summed E-state index contributed by atoms with van der Waals surface area (Å²) in [6.07, 6.45) is 1.45. The topological polar surface area (TPSA) is 57.5 Å². The van der Waals surface area contributed by atoms with Crippen LogP contribution in [0.25, 0.3) is 0 Å². The number of carboxylic acids is 1. The maximum atomic E-state index is 11.0. The molecule has 0 bridgehead atoms. The van der Waals surface area contributed by atoms with Crippen LogP contribution in [0.4, 0.5) is 0 Å². The molecule has 0 aliphatic rings. The summed E-state index contributed by atoms with van der Waals surface area (Å²) in [4.78, 5) is 11.0. The van der Waals surface area contributed by atoms with Gasteiger partial charge in [0, 0.05) is 0 Å². The first-order valence-electron chi connectivity index (χ1n) is 7.93. The number of benzene rings is 1. The molecule has 1 aromatic rings. The van der Waals surface area contributed by atoms with Crippen LogP contribution in [0.15, 0.2) is 12.1 Å². The van der Waals surface area contributed by atoms with Gasteiger partial charge in [-0.2, -0.15) is 0 Å². The summed E-state index contributed by atoms with van der Waals surface area (Å²) in [7, 11) is 0. The minimum absolute atomic E-state index is 0.123. The lowest BCUT2D eigenvalue weighted by Crippen LogP contribution is -2.22. The van der Waals surface area contributed by atoms with E-state index >= 15 is 0 Å². The molecule has 3 nitrogen and oxygen atoms in total. The van der Waals surface area contributed by atoms with E-state index in [4.69, 9.17) is 5.11 Å². The molecule has 0 aromatic heterocycles. The third-order valence-corrected chi connectivity index (χ3v) is 4.51. The summed E-state index contributed by atoms with van der Waals surface area (Å²) in [5.41, 5.74) is 2.73. The van der Waals surface area contributed by atoms with E-state index in [1.165, 1.54) is 0 Å². The van der Waals surface area contributed by atoms with Crippen molar-refractivity contribution in [1.82, 2.24) is 0 Å². The van der Waals surface area contributed by atoms with E-state index in [1.54, 1.807) is 6.92 Å². The Bertz CT molecular complexity index is 551. The molecule has 1 atom stereocenters. The van der Waals surface area contributed by atoms with Gasteiger partial charge in [-0.3, -0.25) is 4.79 Å². The van der Waals surface area contributed by atoms with Crippen LogP contribution in [-0.2, 0) is 15.6 Å². The lowest BCUT2D eigenvalue weighted by molar-refractivity contribution is -0.141. The van der Waals surface area contributed by atoms with E-state index in [0.29, 0.717) is 12.2 Å². The Hall–Kier alpha value is -1.51. The number of hydrogen-bond acceptors (Lipinski definition) is 2. The van der Waals surface area contributed by atoms with Crippen LogP contribution in [0.2, 0.25) is 0 Å². The Labute approximate surface area is 134 Å². The first kappa shape index (κ1) is 18.5. The van der Waals surface area contributed by atoms with Crippen molar-refractivity contribution in [2.45, 2.75) is 72.1 Å². The number of rotatable bonds is 5. The number of phenolic OH excluding ortho intramolecular Hbond substituents is 1. The molecule has 0 saturated heterocycles. The van der Waals surface area contributed by atoms with E-state index in [1.807, 2.05) is 13.0 Å². The van der Waals surface area contributed by atoms with Gasteiger partial charge in [0.15, 0.2) is 0 Å². The molecule has 2 N–H and O–H groups in total. The van der Waals surface area contributed by atoms with Gasteiger partial charge >= 0.3 is 5.97 Å². The van der Waals surface area contributed by atoms with Crippen molar-refractivity contribution in [1.29, 1.82) is 0 Å². The maximum absolute atomic E-state index is 11.0. The zero-order valence-corrected chi connectivity index (χ0v) is 14.9. The van der Waals surface area contributed by atoms with E-state index in [9.17, 15) is 9.90 Å². The number of carboxylic acid groups (broad SMARTS) is 1. The smallest absolute Gasteiger partial charge is 0.306 e. The number of phenols is 1. The lowest BCUT2D eigenvalue weighted by atomic mass is 9.75. The fourth-order valence-electron chi connectivity index (χ4n) is 2.59. The van der Waals surface area contributed by atoms with Crippen molar-refractivity contribution in [3.05, 3.63) is 28.8 Å². The summed E-state index contributed by atoms with van der Waals surface area (Å²) in [6, 6.07) is 4.10. The van der Waals surface area contributed by atoms with Gasteiger partial charge in [0.25, 0.3) is 0 Å². The van der Waals surface area contributed by atoms with Gasteiger partial charge < -0.3 is 10.2 Å². The van der Waals surface area contributed by atoms with Gasteiger partial charge in [0.2, 0.25) is 0 Å². The maximum Gasteiger partial charge on any atom is 0.306 e. The van der Waals surface area contributed by atoms with Gasteiger partial charge in [-0.05, 0) is 47.3 Å². The zero-order chi connectivity index (χ0) is 17.3. The van der Waals surface area contributed by atoms with Crippen molar-refractivity contribution in [3.63, 3.8) is 0 Å². The predicted molar refractivity (Wildman–Crippen MR) is 90.6 cm³/mol. The van der Waals surface area contributed by atoms with Gasteiger partial charge in [-0.15, -0.1) is 0 Å². The average molecular weight is 306 g/mol. The third kappa shape index (κ3) is 4.25. The average Bonchev–Trinajstić information content (AvgIpc) is 2.37. The molecule has 0 aliphatic heterocycles. The number of hydrogen-bond donors (Lipinski definition) is 2. The van der Waals surface area contributed by atoms with Crippen LogP contribution in [0.3, 0.4) is 0 Å². The van der Waals surface area contributed by atoms with Crippen molar-refractivity contribution >= 4 is 5.97 Å². The second-order valence-corrected chi connectivity index (χ2v) is 8.10. The van der Waals surface area contributed by atoms with Crippen LogP contribution in [-0.4, -0.2) is 16.2 Å². The van der Waals surface area contributed by atoms with Gasteiger partial charge in [-0.25, -0.2) is 0 Å². The minimum atomic E-state index is -0.743. The second kappa shape index (κ2) is 6.31. The zero-order valence-electron chi connectivity index (χ0n) is 14.9. The Morgan fingerprint density at radius 1 is 1.18 bits per heavy atom. The van der Waals surface area contributed by atoms with Crippen molar-refractivity contribution in [2.24, 2.45) is 5.92 Å². The van der Waals surface area contributed by atoms with Gasteiger partial charge in [0.1, 0.15) is 5.75 Å². The first-order chi connectivity index (χ1) is 9.86. The minimum Gasteiger partial charge on any atom is -0.507 e. The summed E-state index contributed by atoms with van der Waals surface area (Å²) in [5.74, 6) is -0.710. The Kier molecular flexibility index (Phi) is 5.32. The molecule has 3 heteroatoms. The first-order valence-corrected chi connectivity index (χ1v) is 7.93. The molecule has 0 heterocycles. The Morgan fingerprint density at radius 2 is 1.73 bits per heavy atom. The molecule has 0 spiro atoms. The SMILES string of the molecule is Cc1cc(C(C)(C)CCC(C)C(=O)O)cc(C(C)(C)C)c1O. The fourth-order valence-corrected chi connectivity index (χ4v) is 2.59. The molecule has 0 amide bonds. The molecule has 1 unspecified atom stereocenters. The van der Waals surface area contributed by atoms with Crippen LogP contribution < -0.4 is 0 Å². The molecule has 0 fully saturated rings. The summed E-state index contributed by atoms with van der Waals surface area (Å²) in [6.45, 7) is 14.2. The normalized spacial score (nSPS) is 14.0. The highest BCUT2D eigenvalue weighted by Gasteiger charge is 2.27. The quantitative estimate of drug-likeness (QED) is 0.823. The molecule has 1 rings (SSSR count). The number of aromatic hydroxyl groups is 1. The van der Waals surface area contributed by atoms with Crippen LogP contribution in [0, 0.1) is 12.8 Å². The van der Waals surface area contributed by atoms with Gasteiger partial charge in [0.05, 0.1) is 5.92 Å². The highest BCUT2D eigenvalue weighted by molar-refractivity contribution is 5.69. The van der Waals surface area contributed by atoms with Crippen molar-refractivity contribution in [2.75, 3.05) is 0 Å².